The van der Waals surface area contributed by atoms with E-state index in [1.165, 1.54) is 21.9 Å². The van der Waals surface area contributed by atoms with Crippen LogP contribution in [0.5, 0.6) is 0 Å². The lowest BCUT2D eigenvalue weighted by molar-refractivity contribution is -0.156. The monoisotopic (exact) mass is 918 g/mol. The highest BCUT2D eigenvalue weighted by molar-refractivity contribution is 5.97. The molecule has 7 rings (SSSR count). The fourth-order valence-electron chi connectivity index (χ4n) is 10.2. The number of aryl methyl sites for hydroxylation is 2. The SMILES string of the molecule is C=CC(=O)N1CCC(O)(C(=O)N(C)[C@H](C(=O)N[C@H]2Cc3cc(C)cc(c3)-c3ccc4c(c3)c(c(-c3cccnc3[C@H](C)OC)n4CC)CC(C)(C)COC(=O)[C@@H]3CCCN(N3)C2=O)C(C)C)C1. The molecular formula is C52H67N7O8. The van der Waals surface area contributed by atoms with Gasteiger partial charge in [-0.3, -0.25) is 34.0 Å². The Kier molecular flexibility index (Phi) is 14.4. The molecule has 0 radical (unpaired) electrons. The van der Waals surface area contributed by atoms with E-state index < -0.39 is 64.7 Å². The summed E-state index contributed by atoms with van der Waals surface area (Å²) in [6.45, 7) is 18.4. The lowest BCUT2D eigenvalue weighted by Crippen LogP contribution is -2.63. The van der Waals surface area contributed by atoms with Crippen molar-refractivity contribution in [3.05, 3.63) is 89.8 Å². The number of benzene rings is 2. The van der Waals surface area contributed by atoms with Gasteiger partial charge in [0, 0.05) is 74.7 Å². The van der Waals surface area contributed by atoms with Gasteiger partial charge in [-0.25, -0.2) is 5.43 Å². The molecule has 3 N–H and O–H groups in total. The summed E-state index contributed by atoms with van der Waals surface area (Å²) < 4.78 is 14.3. The summed E-state index contributed by atoms with van der Waals surface area (Å²) in [5.74, 6) is -3.04. The number of esters is 1. The number of aromatic nitrogens is 2. The molecule has 2 aromatic carbocycles. The fourth-order valence-corrected chi connectivity index (χ4v) is 10.2. The van der Waals surface area contributed by atoms with Gasteiger partial charge in [0.1, 0.15) is 18.1 Å². The normalized spacial score (nSPS) is 22.0. The van der Waals surface area contributed by atoms with Crippen LogP contribution < -0.4 is 10.7 Å². The van der Waals surface area contributed by atoms with Crippen molar-refractivity contribution in [1.29, 1.82) is 0 Å². The van der Waals surface area contributed by atoms with E-state index in [2.05, 4.69) is 79.1 Å². The van der Waals surface area contributed by atoms with Crippen LogP contribution >= 0.6 is 0 Å². The quantitative estimate of drug-likeness (QED) is 0.133. The summed E-state index contributed by atoms with van der Waals surface area (Å²) in [5, 5.41) is 17.0. The zero-order valence-corrected chi connectivity index (χ0v) is 40.5. The number of hydrazine groups is 1. The molecule has 5 atom stereocenters. The lowest BCUT2D eigenvalue weighted by atomic mass is 9.84. The van der Waals surface area contributed by atoms with Crippen LogP contribution in [0.4, 0.5) is 0 Å². The van der Waals surface area contributed by atoms with Crippen LogP contribution in [0.25, 0.3) is 33.3 Å². The summed E-state index contributed by atoms with van der Waals surface area (Å²) in [6, 6.07) is 13.7. The average molecular weight is 918 g/mol. The average Bonchev–Trinajstić information content (AvgIpc) is 3.86. The van der Waals surface area contributed by atoms with E-state index >= 15 is 0 Å². The van der Waals surface area contributed by atoms with Crippen molar-refractivity contribution in [1.82, 2.24) is 35.1 Å². The molecule has 4 amide bonds. The number of nitrogens with one attached hydrogen (secondary N) is 2. The number of β-amino-alcohol motifs (C(OH)–C–C–N with tert-alkyl or cyclic N) is 1. The largest absolute Gasteiger partial charge is 0.464 e. The third-order valence-electron chi connectivity index (χ3n) is 13.6. The number of methoxy groups -OCH3 is 1. The number of carbonyl (C=O) groups excluding carboxylic acids is 5. The maximum atomic E-state index is 14.8. The second-order valence-electron chi connectivity index (χ2n) is 19.7. The number of hydrogen-bond donors (Lipinski definition) is 3. The number of fused-ring (bicyclic) bond motifs is 6. The van der Waals surface area contributed by atoms with E-state index in [0.717, 1.165) is 61.7 Å². The molecule has 15 heteroatoms. The Morgan fingerprint density at radius 3 is 2.57 bits per heavy atom. The van der Waals surface area contributed by atoms with E-state index in [4.69, 9.17) is 14.5 Å². The van der Waals surface area contributed by atoms with Crippen molar-refractivity contribution >= 4 is 40.5 Å². The number of likely N-dealkylation sites (tertiary alicyclic amines) is 1. The fraction of sp³-hybridized carbons (Fsp3) is 0.500. The van der Waals surface area contributed by atoms with Crippen LogP contribution in [-0.4, -0.2) is 123 Å². The van der Waals surface area contributed by atoms with Crippen LogP contribution in [0.15, 0.2) is 67.4 Å². The smallest absolute Gasteiger partial charge is 0.324 e. The predicted molar refractivity (Wildman–Crippen MR) is 256 cm³/mol. The minimum absolute atomic E-state index is 0.000336. The summed E-state index contributed by atoms with van der Waals surface area (Å²) in [7, 11) is 3.14. The Morgan fingerprint density at radius 2 is 1.87 bits per heavy atom. The molecule has 0 spiro atoms. The molecule has 67 heavy (non-hydrogen) atoms. The molecule has 4 aromatic rings. The van der Waals surface area contributed by atoms with Gasteiger partial charge >= 0.3 is 5.97 Å². The van der Waals surface area contributed by atoms with Crippen LogP contribution in [0.1, 0.15) is 89.3 Å². The Bertz CT molecular complexity index is 2570. The van der Waals surface area contributed by atoms with E-state index in [-0.39, 0.29) is 45.2 Å². The second kappa shape index (κ2) is 19.7. The highest BCUT2D eigenvalue weighted by Gasteiger charge is 2.48. The minimum Gasteiger partial charge on any atom is -0.464 e. The van der Waals surface area contributed by atoms with Crippen molar-refractivity contribution in [2.45, 2.75) is 117 Å². The first kappa shape index (κ1) is 49.0. The number of ether oxygens (including phenoxy) is 2. The number of aliphatic hydroxyl groups is 1. The van der Waals surface area contributed by atoms with Crippen molar-refractivity contribution in [2.75, 3.05) is 40.4 Å². The summed E-state index contributed by atoms with van der Waals surface area (Å²) in [5.41, 5.74) is 9.36. The highest BCUT2D eigenvalue weighted by atomic mass is 16.5. The van der Waals surface area contributed by atoms with E-state index in [1.807, 2.05) is 26.0 Å². The number of rotatable bonds is 10. The van der Waals surface area contributed by atoms with E-state index in [0.29, 0.717) is 25.8 Å². The molecule has 6 bridgehead atoms. The predicted octanol–water partition coefficient (Wildman–Crippen LogP) is 5.69. The first-order valence-electron chi connectivity index (χ1n) is 23.5. The molecule has 3 aliphatic rings. The van der Waals surface area contributed by atoms with Crippen LogP contribution in [0.3, 0.4) is 0 Å². The molecule has 2 fully saturated rings. The Labute approximate surface area is 393 Å². The number of hydrogen-bond acceptors (Lipinski definition) is 10. The molecule has 5 heterocycles. The van der Waals surface area contributed by atoms with Gasteiger partial charge in [-0.05, 0) is 98.5 Å². The molecule has 15 nitrogen and oxygen atoms in total. The highest BCUT2D eigenvalue weighted by Crippen LogP contribution is 2.42. The van der Waals surface area contributed by atoms with Crippen LogP contribution in [0.2, 0.25) is 0 Å². The number of carbonyl (C=O) groups is 5. The molecule has 2 aromatic heterocycles. The Morgan fingerprint density at radius 1 is 1.10 bits per heavy atom. The summed E-state index contributed by atoms with van der Waals surface area (Å²) in [4.78, 5) is 77.1. The van der Waals surface area contributed by atoms with Gasteiger partial charge in [0.05, 0.1) is 30.6 Å². The second-order valence-corrected chi connectivity index (χ2v) is 19.7. The van der Waals surface area contributed by atoms with Gasteiger partial charge < -0.3 is 34.3 Å². The number of nitrogens with zero attached hydrogens (tertiary/aromatic N) is 5. The first-order chi connectivity index (χ1) is 31.8. The standard InChI is InChI=1S/C52H67N7O8/c1-11-43(60)57-22-19-52(65,29-57)50(64)56(9)45(31(3)4)47(61)54-41-26-34-23-32(5)24-36(25-34)35-17-18-42-38(27-35)39(46(58(42)12-2)37-15-13-20-53-44(37)33(6)66-10)28-51(7,8)30-67-49(63)40-16-14-21-59(55-40)48(41)62/h11,13,15,17-18,20,23-25,27,31,33,40-41,45,55,65H,1,12,14,16,19,21-22,26,28-30H2,2-10H3,(H,54,61)/t33-,40-,41-,45-,52?/m0/s1. The van der Waals surface area contributed by atoms with Crippen LogP contribution in [-0.2, 0) is 52.8 Å². The number of likely N-dealkylation sites (N-methyl/N-ethyl adjacent to an activating group) is 1. The maximum absolute atomic E-state index is 14.8. The van der Waals surface area contributed by atoms with Crippen molar-refractivity contribution in [2.24, 2.45) is 11.3 Å². The zero-order valence-electron chi connectivity index (χ0n) is 40.5. The number of cyclic esters (lactones) is 1. The van der Waals surface area contributed by atoms with E-state index in [9.17, 15) is 29.1 Å². The topological polar surface area (TPSA) is 176 Å². The summed E-state index contributed by atoms with van der Waals surface area (Å²) >= 11 is 0. The van der Waals surface area contributed by atoms with Gasteiger partial charge in [-0.15, -0.1) is 0 Å². The van der Waals surface area contributed by atoms with Gasteiger partial charge in [0.15, 0.2) is 5.60 Å². The molecule has 0 saturated carbocycles. The number of amides is 4. The lowest BCUT2D eigenvalue weighted by Gasteiger charge is -2.37. The molecule has 0 aliphatic carbocycles. The Balaban J connectivity index is 1.31. The van der Waals surface area contributed by atoms with Crippen LogP contribution in [0, 0.1) is 18.3 Å². The zero-order chi connectivity index (χ0) is 48.5. The van der Waals surface area contributed by atoms with Gasteiger partial charge in [-0.1, -0.05) is 64.1 Å². The first-order valence-corrected chi connectivity index (χ1v) is 23.5. The number of pyridine rings is 1. The van der Waals surface area contributed by atoms with Gasteiger partial charge in [-0.2, -0.15) is 0 Å². The van der Waals surface area contributed by atoms with Gasteiger partial charge in [0.25, 0.3) is 11.8 Å². The minimum atomic E-state index is -1.90. The van der Waals surface area contributed by atoms with Crippen molar-refractivity contribution in [3.63, 3.8) is 0 Å². The molecule has 2 saturated heterocycles. The molecule has 3 aliphatic heterocycles. The molecule has 1 unspecified atom stereocenters. The van der Waals surface area contributed by atoms with Crippen molar-refractivity contribution < 1.29 is 38.6 Å². The third kappa shape index (κ3) is 10.0. The summed E-state index contributed by atoms with van der Waals surface area (Å²) in [6.07, 6.45) is 4.29. The van der Waals surface area contributed by atoms with Crippen molar-refractivity contribution in [3.8, 4) is 22.4 Å². The molecular weight excluding hydrogens is 851 g/mol. The molecule has 358 valence electrons. The van der Waals surface area contributed by atoms with E-state index in [1.54, 1.807) is 27.2 Å². The maximum Gasteiger partial charge on any atom is 0.324 e. The third-order valence-corrected chi connectivity index (χ3v) is 13.6. The van der Waals surface area contributed by atoms with Gasteiger partial charge in [0.2, 0.25) is 11.8 Å². The Hall–Kier alpha value is -5.90.